The van der Waals surface area contributed by atoms with Crippen LogP contribution in [0.3, 0.4) is 0 Å². The highest BCUT2D eigenvalue weighted by molar-refractivity contribution is 6.42. The SMILES string of the molecule is CC1CNC2OC(=O)/C=C/C(=O)OC2(C)N1c1ccc(Cl)c(Cl)c1. The fourth-order valence-electron chi connectivity index (χ4n) is 3.05. The van der Waals surface area contributed by atoms with Crippen LogP contribution in [0.15, 0.2) is 30.4 Å². The zero-order chi connectivity index (χ0) is 17.5. The van der Waals surface area contributed by atoms with Crippen molar-refractivity contribution in [3.05, 3.63) is 40.4 Å². The van der Waals surface area contributed by atoms with E-state index >= 15 is 0 Å². The first-order valence-electron chi connectivity index (χ1n) is 7.40. The molecule has 0 radical (unpaired) electrons. The highest BCUT2D eigenvalue weighted by Gasteiger charge is 2.51. The Morgan fingerprint density at radius 2 is 1.92 bits per heavy atom. The fourth-order valence-corrected chi connectivity index (χ4v) is 3.34. The van der Waals surface area contributed by atoms with Crippen molar-refractivity contribution < 1.29 is 19.1 Å². The molecule has 3 unspecified atom stereocenters. The monoisotopic (exact) mass is 370 g/mol. The molecule has 128 valence electrons. The molecular weight excluding hydrogens is 355 g/mol. The number of carbonyl (C=O) groups is 2. The smallest absolute Gasteiger partial charge is 0.333 e. The van der Waals surface area contributed by atoms with E-state index in [4.69, 9.17) is 32.7 Å². The number of benzene rings is 1. The van der Waals surface area contributed by atoms with Crippen molar-refractivity contribution in [2.75, 3.05) is 11.4 Å². The van der Waals surface area contributed by atoms with Gasteiger partial charge in [0.2, 0.25) is 12.0 Å². The molecule has 0 aliphatic carbocycles. The maximum absolute atomic E-state index is 12.0. The third kappa shape index (κ3) is 2.97. The quantitative estimate of drug-likeness (QED) is 0.766. The average molecular weight is 371 g/mol. The molecule has 2 aliphatic rings. The Kier molecular flexibility index (Phi) is 4.46. The second-order valence-electron chi connectivity index (χ2n) is 5.85. The lowest BCUT2D eigenvalue weighted by Gasteiger charge is -2.52. The maximum atomic E-state index is 12.0. The zero-order valence-electron chi connectivity index (χ0n) is 13.1. The number of carbonyl (C=O) groups excluding carboxylic acids is 2. The highest BCUT2D eigenvalue weighted by atomic mass is 35.5. The first-order valence-corrected chi connectivity index (χ1v) is 8.16. The summed E-state index contributed by atoms with van der Waals surface area (Å²) in [6.45, 7) is 4.17. The number of esters is 2. The predicted molar refractivity (Wildman–Crippen MR) is 89.9 cm³/mol. The van der Waals surface area contributed by atoms with Crippen LogP contribution in [-0.2, 0) is 19.1 Å². The maximum Gasteiger partial charge on any atom is 0.333 e. The molecule has 2 heterocycles. The molecule has 1 aromatic carbocycles. The van der Waals surface area contributed by atoms with Gasteiger partial charge in [0, 0.05) is 37.3 Å². The largest absolute Gasteiger partial charge is 0.437 e. The van der Waals surface area contributed by atoms with E-state index in [9.17, 15) is 9.59 Å². The Bertz CT molecular complexity index is 724. The van der Waals surface area contributed by atoms with E-state index in [0.717, 1.165) is 12.2 Å². The van der Waals surface area contributed by atoms with Gasteiger partial charge in [0.25, 0.3) is 0 Å². The molecule has 2 aliphatic heterocycles. The first-order chi connectivity index (χ1) is 11.3. The molecule has 6 nitrogen and oxygen atoms in total. The number of anilines is 1. The Balaban J connectivity index is 2.08. The summed E-state index contributed by atoms with van der Waals surface area (Å²) >= 11 is 12.1. The van der Waals surface area contributed by atoms with Crippen molar-refractivity contribution in [3.8, 4) is 0 Å². The molecule has 0 bridgehead atoms. The van der Waals surface area contributed by atoms with Crippen LogP contribution in [0.25, 0.3) is 0 Å². The summed E-state index contributed by atoms with van der Waals surface area (Å²) in [5.41, 5.74) is -0.536. The van der Waals surface area contributed by atoms with Crippen molar-refractivity contribution in [1.29, 1.82) is 0 Å². The summed E-state index contributed by atoms with van der Waals surface area (Å²) in [6.07, 6.45) is 1.27. The Hall–Kier alpha value is -1.76. The van der Waals surface area contributed by atoms with Crippen LogP contribution in [0.5, 0.6) is 0 Å². The van der Waals surface area contributed by atoms with Crippen LogP contribution >= 0.6 is 23.2 Å². The van der Waals surface area contributed by atoms with Crippen molar-refractivity contribution in [1.82, 2.24) is 5.32 Å². The summed E-state index contributed by atoms with van der Waals surface area (Å²) in [4.78, 5) is 25.7. The zero-order valence-corrected chi connectivity index (χ0v) is 14.6. The molecule has 0 amide bonds. The van der Waals surface area contributed by atoms with E-state index in [1.54, 1.807) is 25.1 Å². The number of piperazine rings is 1. The minimum absolute atomic E-state index is 0.0570. The van der Waals surface area contributed by atoms with Crippen molar-refractivity contribution in [2.24, 2.45) is 0 Å². The Labute approximate surface area is 149 Å². The minimum Gasteiger partial charge on any atom is -0.437 e. The minimum atomic E-state index is -1.24. The van der Waals surface area contributed by atoms with Gasteiger partial charge in [-0.2, -0.15) is 0 Å². The summed E-state index contributed by atoms with van der Waals surface area (Å²) in [5, 5.41) is 3.91. The van der Waals surface area contributed by atoms with Gasteiger partial charge < -0.3 is 14.4 Å². The molecule has 1 N–H and O–H groups in total. The summed E-state index contributed by atoms with van der Waals surface area (Å²) < 4.78 is 11.0. The number of rotatable bonds is 1. The molecule has 3 rings (SSSR count). The van der Waals surface area contributed by atoms with Gasteiger partial charge in [-0.05, 0) is 25.1 Å². The molecule has 24 heavy (non-hydrogen) atoms. The lowest BCUT2D eigenvalue weighted by molar-refractivity contribution is -0.189. The van der Waals surface area contributed by atoms with Crippen LogP contribution < -0.4 is 10.2 Å². The molecule has 1 saturated heterocycles. The Morgan fingerprint density at radius 3 is 2.62 bits per heavy atom. The average Bonchev–Trinajstić information content (AvgIpc) is 2.50. The topological polar surface area (TPSA) is 67.9 Å². The first kappa shape index (κ1) is 17.1. The number of hydrogen-bond donors (Lipinski definition) is 1. The normalized spacial score (nSPS) is 31.4. The van der Waals surface area contributed by atoms with Crippen molar-refractivity contribution in [2.45, 2.75) is 31.8 Å². The molecule has 0 spiro atoms. The number of nitrogens with one attached hydrogen (secondary N) is 1. The number of hydrogen-bond acceptors (Lipinski definition) is 6. The van der Waals surface area contributed by atoms with Gasteiger partial charge in [-0.3, -0.25) is 5.32 Å². The summed E-state index contributed by atoms with van der Waals surface area (Å²) in [6, 6.07) is 5.09. The van der Waals surface area contributed by atoms with Gasteiger partial charge >= 0.3 is 11.9 Å². The van der Waals surface area contributed by atoms with E-state index < -0.39 is 23.9 Å². The van der Waals surface area contributed by atoms with Crippen LogP contribution in [0, 0.1) is 0 Å². The second kappa shape index (κ2) is 6.27. The lowest BCUT2D eigenvalue weighted by atomic mass is 10.0. The van der Waals surface area contributed by atoms with Gasteiger partial charge in [0.15, 0.2) is 0 Å². The van der Waals surface area contributed by atoms with Gasteiger partial charge in [0.05, 0.1) is 10.0 Å². The van der Waals surface area contributed by atoms with Gasteiger partial charge in [-0.25, -0.2) is 9.59 Å². The molecule has 0 aromatic heterocycles. The molecule has 3 atom stereocenters. The highest BCUT2D eigenvalue weighted by Crippen LogP contribution is 2.37. The van der Waals surface area contributed by atoms with Gasteiger partial charge in [-0.1, -0.05) is 23.2 Å². The van der Waals surface area contributed by atoms with Crippen LogP contribution in [0.4, 0.5) is 5.69 Å². The van der Waals surface area contributed by atoms with Crippen molar-refractivity contribution >= 4 is 40.8 Å². The van der Waals surface area contributed by atoms with Crippen LogP contribution in [-0.4, -0.2) is 36.5 Å². The molecule has 1 aromatic rings. The molecular formula is C16H16Cl2N2O4. The number of nitrogens with zero attached hydrogens (tertiary/aromatic N) is 1. The van der Waals surface area contributed by atoms with Crippen LogP contribution in [0.1, 0.15) is 13.8 Å². The number of halogens is 2. The lowest BCUT2D eigenvalue weighted by Crippen LogP contribution is -2.72. The van der Waals surface area contributed by atoms with Gasteiger partial charge in [0.1, 0.15) is 0 Å². The van der Waals surface area contributed by atoms with E-state index in [0.29, 0.717) is 22.3 Å². The third-order valence-electron chi connectivity index (χ3n) is 4.08. The summed E-state index contributed by atoms with van der Waals surface area (Å²) in [5.74, 6) is -1.24. The number of ether oxygens (including phenoxy) is 2. The Morgan fingerprint density at radius 1 is 1.21 bits per heavy atom. The van der Waals surface area contributed by atoms with E-state index in [-0.39, 0.29) is 6.04 Å². The molecule has 8 heteroatoms. The fraction of sp³-hybridized carbons (Fsp3) is 0.375. The van der Waals surface area contributed by atoms with Crippen molar-refractivity contribution in [3.63, 3.8) is 0 Å². The van der Waals surface area contributed by atoms with Gasteiger partial charge in [-0.15, -0.1) is 0 Å². The molecule has 0 saturated carbocycles. The van der Waals surface area contributed by atoms with E-state index in [1.807, 2.05) is 11.8 Å². The van der Waals surface area contributed by atoms with E-state index in [2.05, 4.69) is 5.32 Å². The molecule has 1 fully saturated rings. The predicted octanol–water partition coefficient (Wildman–Crippen LogP) is 2.49. The van der Waals surface area contributed by atoms with E-state index in [1.165, 1.54) is 0 Å². The standard InChI is InChI=1S/C16H16Cl2N2O4/c1-9-8-19-15-16(2,24-14(22)6-5-13(21)23-15)20(9)10-3-4-11(17)12(18)7-10/h3-7,9,15,19H,8H2,1-2H3/b6-5+. The second-order valence-corrected chi connectivity index (χ2v) is 6.67. The summed E-state index contributed by atoms with van der Waals surface area (Å²) in [7, 11) is 0. The number of fused-ring (bicyclic) bond motifs is 1. The van der Waals surface area contributed by atoms with Crippen LogP contribution in [0.2, 0.25) is 10.0 Å². The third-order valence-corrected chi connectivity index (χ3v) is 4.82.